The summed E-state index contributed by atoms with van der Waals surface area (Å²) in [7, 11) is 0. The van der Waals surface area contributed by atoms with E-state index in [2.05, 4.69) is 30.5 Å². The minimum atomic E-state index is -0.195. The maximum atomic E-state index is 13.9. The summed E-state index contributed by atoms with van der Waals surface area (Å²) in [6.45, 7) is 4.08. The lowest BCUT2D eigenvalue weighted by Gasteiger charge is -2.16. The highest BCUT2D eigenvalue weighted by molar-refractivity contribution is 8.02. The van der Waals surface area contributed by atoms with Crippen LogP contribution in [0.1, 0.15) is 47.6 Å². The smallest absolute Gasteiger partial charge is 0.128 e. The molecule has 3 rings (SSSR count). The van der Waals surface area contributed by atoms with Gasteiger partial charge in [0.05, 0.1) is 0 Å². The second-order valence-electron chi connectivity index (χ2n) is 6.91. The van der Waals surface area contributed by atoms with Gasteiger partial charge in [-0.15, -0.1) is 11.8 Å². The first kappa shape index (κ1) is 18.1. The Labute approximate surface area is 154 Å². The molecule has 0 radical (unpaired) electrons. The van der Waals surface area contributed by atoms with E-state index >= 15 is 0 Å². The molecular formula is C22H26FNS. The summed E-state index contributed by atoms with van der Waals surface area (Å²) in [5.41, 5.74) is 13.6. The van der Waals surface area contributed by atoms with E-state index in [1.165, 1.54) is 54.0 Å². The summed E-state index contributed by atoms with van der Waals surface area (Å²) in [6.07, 6.45) is 5.77. The Kier molecular flexibility index (Phi) is 5.85. The molecule has 2 aromatic rings. The predicted molar refractivity (Wildman–Crippen MR) is 108 cm³/mol. The Morgan fingerprint density at radius 3 is 2.72 bits per heavy atom. The van der Waals surface area contributed by atoms with Crippen molar-refractivity contribution in [1.82, 2.24) is 0 Å². The highest BCUT2D eigenvalue weighted by Gasteiger charge is 2.10. The van der Waals surface area contributed by atoms with Crippen LogP contribution in [-0.2, 0) is 19.3 Å². The molecule has 0 bridgehead atoms. The van der Waals surface area contributed by atoms with Crippen molar-refractivity contribution in [2.24, 2.45) is 0 Å². The van der Waals surface area contributed by atoms with E-state index in [4.69, 9.17) is 5.73 Å². The Hall–Kier alpha value is -1.74. The third kappa shape index (κ3) is 4.46. The molecule has 1 aliphatic carbocycles. The van der Waals surface area contributed by atoms with Crippen molar-refractivity contribution in [3.05, 3.63) is 69.4 Å². The van der Waals surface area contributed by atoms with Crippen LogP contribution in [0.3, 0.4) is 0 Å². The van der Waals surface area contributed by atoms with Gasteiger partial charge in [-0.05, 0) is 90.8 Å². The van der Waals surface area contributed by atoms with E-state index in [0.717, 1.165) is 16.9 Å². The van der Waals surface area contributed by atoms with Crippen LogP contribution in [0.5, 0.6) is 0 Å². The van der Waals surface area contributed by atoms with Crippen LogP contribution in [0.4, 0.5) is 10.1 Å². The second-order valence-corrected chi connectivity index (χ2v) is 7.89. The average molecular weight is 356 g/mol. The number of anilines is 1. The largest absolute Gasteiger partial charge is 0.398 e. The fourth-order valence-electron chi connectivity index (χ4n) is 3.35. The molecule has 2 N–H and O–H groups in total. The van der Waals surface area contributed by atoms with Crippen molar-refractivity contribution in [2.45, 2.75) is 46.0 Å². The zero-order valence-corrected chi connectivity index (χ0v) is 15.9. The monoisotopic (exact) mass is 355 g/mol. The summed E-state index contributed by atoms with van der Waals surface area (Å²) < 4.78 is 13.9. The molecule has 0 aromatic heterocycles. The minimum Gasteiger partial charge on any atom is -0.398 e. The van der Waals surface area contributed by atoms with Gasteiger partial charge in [-0.25, -0.2) is 4.39 Å². The van der Waals surface area contributed by atoms with E-state index in [0.29, 0.717) is 12.1 Å². The highest BCUT2D eigenvalue weighted by atomic mass is 32.2. The Balaban J connectivity index is 1.60. The van der Waals surface area contributed by atoms with Crippen LogP contribution in [-0.4, -0.2) is 5.75 Å². The van der Waals surface area contributed by atoms with Crippen LogP contribution in [0, 0.1) is 12.7 Å². The highest BCUT2D eigenvalue weighted by Crippen LogP contribution is 2.26. The molecule has 1 nitrogen and oxygen atoms in total. The molecule has 25 heavy (non-hydrogen) atoms. The van der Waals surface area contributed by atoms with Crippen molar-refractivity contribution in [2.75, 3.05) is 11.5 Å². The number of hydrogen-bond donors (Lipinski definition) is 1. The molecule has 3 heteroatoms. The maximum Gasteiger partial charge on any atom is 0.128 e. The Morgan fingerprint density at radius 2 is 1.92 bits per heavy atom. The molecule has 0 heterocycles. The van der Waals surface area contributed by atoms with Crippen LogP contribution in [0.25, 0.3) is 5.57 Å². The number of allylic oxidation sites excluding steroid dienone is 1. The maximum absolute atomic E-state index is 13.9. The quantitative estimate of drug-likeness (QED) is 0.531. The van der Waals surface area contributed by atoms with E-state index in [1.807, 2.05) is 13.0 Å². The number of nitrogen functional groups attached to an aromatic ring is 1. The normalized spacial score (nSPS) is 14.4. The number of fused-ring (bicyclic) bond motifs is 1. The van der Waals surface area contributed by atoms with Crippen LogP contribution in [0.2, 0.25) is 0 Å². The molecule has 0 amide bonds. The standard InChI is InChI=1S/C22H26FNS/c1-15-11-20(21(23)13-22(15)24)9-10-25-14-16(2)18-8-7-17-5-3-4-6-19(17)12-18/h7-8,11-14H,3-6,9-10,24H2,1-2H3/b16-14+. The van der Waals surface area contributed by atoms with Gasteiger partial charge >= 0.3 is 0 Å². The lowest BCUT2D eigenvalue weighted by atomic mass is 9.89. The summed E-state index contributed by atoms with van der Waals surface area (Å²) in [4.78, 5) is 0. The Bertz CT molecular complexity index is 795. The first-order valence-corrected chi connectivity index (χ1v) is 10.0. The molecular weight excluding hydrogens is 329 g/mol. The van der Waals surface area contributed by atoms with Crippen LogP contribution < -0.4 is 5.73 Å². The van der Waals surface area contributed by atoms with E-state index in [1.54, 1.807) is 11.8 Å². The number of nitrogens with two attached hydrogens (primary N) is 1. The van der Waals surface area contributed by atoms with Gasteiger partial charge in [0.2, 0.25) is 0 Å². The molecule has 2 aromatic carbocycles. The zero-order chi connectivity index (χ0) is 17.8. The van der Waals surface area contributed by atoms with Gasteiger partial charge in [0.15, 0.2) is 0 Å². The zero-order valence-electron chi connectivity index (χ0n) is 15.1. The van der Waals surface area contributed by atoms with E-state index in [-0.39, 0.29) is 5.82 Å². The van der Waals surface area contributed by atoms with Gasteiger partial charge in [0.25, 0.3) is 0 Å². The van der Waals surface area contributed by atoms with Gasteiger partial charge in [-0.1, -0.05) is 24.3 Å². The molecule has 0 atom stereocenters. The van der Waals surface area contributed by atoms with Gasteiger partial charge in [-0.3, -0.25) is 0 Å². The van der Waals surface area contributed by atoms with Gasteiger partial charge in [0, 0.05) is 11.4 Å². The Morgan fingerprint density at radius 1 is 1.16 bits per heavy atom. The lowest BCUT2D eigenvalue weighted by Crippen LogP contribution is -2.02. The number of hydrogen-bond acceptors (Lipinski definition) is 2. The molecule has 132 valence electrons. The van der Waals surface area contributed by atoms with Crippen molar-refractivity contribution in [1.29, 1.82) is 0 Å². The molecule has 1 aliphatic rings. The third-order valence-corrected chi connectivity index (χ3v) is 5.95. The second kappa shape index (κ2) is 8.09. The molecule has 0 unspecified atom stereocenters. The van der Waals surface area contributed by atoms with Crippen molar-refractivity contribution in [3.63, 3.8) is 0 Å². The van der Waals surface area contributed by atoms with E-state index < -0.39 is 0 Å². The molecule has 0 fully saturated rings. The van der Waals surface area contributed by atoms with Crippen molar-refractivity contribution < 1.29 is 4.39 Å². The van der Waals surface area contributed by atoms with Crippen LogP contribution >= 0.6 is 11.8 Å². The van der Waals surface area contributed by atoms with Crippen molar-refractivity contribution >= 4 is 23.0 Å². The first-order valence-electron chi connectivity index (χ1n) is 8.99. The molecule has 0 saturated carbocycles. The third-order valence-electron chi connectivity index (χ3n) is 4.99. The van der Waals surface area contributed by atoms with Gasteiger partial charge < -0.3 is 5.73 Å². The summed E-state index contributed by atoms with van der Waals surface area (Å²) in [6, 6.07) is 10.2. The topological polar surface area (TPSA) is 26.0 Å². The predicted octanol–water partition coefficient (Wildman–Crippen LogP) is 5.93. The number of benzene rings is 2. The van der Waals surface area contributed by atoms with Crippen molar-refractivity contribution in [3.8, 4) is 0 Å². The molecule has 0 aliphatic heterocycles. The number of thioether (sulfide) groups is 1. The summed E-state index contributed by atoms with van der Waals surface area (Å²) in [5, 5.41) is 2.20. The van der Waals surface area contributed by atoms with Crippen LogP contribution in [0.15, 0.2) is 35.7 Å². The molecule has 0 spiro atoms. The number of halogens is 1. The fourth-order valence-corrected chi connectivity index (χ4v) is 4.19. The van der Waals surface area contributed by atoms with Gasteiger partial charge in [0.1, 0.15) is 5.82 Å². The molecule has 0 saturated heterocycles. The lowest BCUT2D eigenvalue weighted by molar-refractivity contribution is 0.613. The van der Waals surface area contributed by atoms with Gasteiger partial charge in [-0.2, -0.15) is 0 Å². The van der Waals surface area contributed by atoms with E-state index in [9.17, 15) is 4.39 Å². The average Bonchev–Trinajstić information content (AvgIpc) is 2.62. The fraction of sp³-hybridized carbons (Fsp3) is 0.364. The SMILES string of the molecule is C/C(=C\SCCc1cc(C)c(N)cc1F)c1ccc2c(c1)CCCC2. The summed E-state index contributed by atoms with van der Waals surface area (Å²) >= 11 is 1.75. The number of aryl methyl sites for hydroxylation is 4. The first-order chi connectivity index (χ1) is 12.0. The minimum absolute atomic E-state index is 0.195. The number of rotatable bonds is 5. The summed E-state index contributed by atoms with van der Waals surface area (Å²) in [5.74, 6) is 0.668.